The van der Waals surface area contributed by atoms with Crippen LogP contribution in [0.15, 0.2) is 12.7 Å². The summed E-state index contributed by atoms with van der Waals surface area (Å²) in [7, 11) is -0.669. The molecule has 0 aromatic carbocycles. The van der Waals surface area contributed by atoms with E-state index in [-0.39, 0.29) is 4.75 Å². The standard InChI is InChI=1S/C11H22OS/c1-5-6-7-8-9-10-13(12)11(2,3)4/h5H,1,6-10H2,2-4H3. The minimum atomic E-state index is -0.669. The molecule has 0 fully saturated rings. The third kappa shape index (κ3) is 7.00. The fraction of sp³-hybridized carbons (Fsp3) is 0.818. The zero-order chi connectivity index (χ0) is 10.3. The first-order valence-electron chi connectivity index (χ1n) is 4.98. The molecule has 0 saturated carbocycles. The highest BCUT2D eigenvalue weighted by Crippen LogP contribution is 2.13. The minimum Gasteiger partial charge on any atom is -0.259 e. The van der Waals surface area contributed by atoms with Crippen molar-refractivity contribution >= 4 is 10.8 Å². The zero-order valence-corrected chi connectivity index (χ0v) is 9.95. The van der Waals surface area contributed by atoms with Crippen molar-refractivity contribution in [1.29, 1.82) is 0 Å². The summed E-state index contributed by atoms with van der Waals surface area (Å²) >= 11 is 0. The van der Waals surface area contributed by atoms with Crippen LogP contribution in [-0.2, 0) is 10.8 Å². The molecule has 0 aliphatic carbocycles. The van der Waals surface area contributed by atoms with Crippen molar-refractivity contribution in [2.45, 2.75) is 51.2 Å². The van der Waals surface area contributed by atoms with Crippen LogP contribution in [0.25, 0.3) is 0 Å². The molecule has 0 spiro atoms. The zero-order valence-electron chi connectivity index (χ0n) is 9.14. The topological polar surface area (TPSA) is 17.1 Å². The van der Waals surface area contributed by atoms with E-state index in [0.717, 1.165) is 18.6 Å². The molecule has 0 aliphatic heterocycles. The lowest BCUT2D eigenvalue weighted by Gasteiger charge is -2.17. The first-order valence-corrected chi connectivity index (χ1v) is 6.29. The van der Waals surface area contributed by atoms with Gasteiger partial charge in [-0.05, 0) is 40.0 Å². The summed E-state index contributed by atoms with van der Waals surface area (Å²) in [6.07, 6.45) is 6.47. The van der Waals surface area contributed by atoms with Gasteiger partial charge in [0.05, 0.1) is 0 Å². The van der Waals surface area contributed by atoms with Crippen LogP contribution in [0.5, 0.6) is 0 Å². The van der Waals surface area contributed by atoms with Crippen molar-refractivity contribution in [3.63, 3.8) is 0 Å². The van der Waals surface area contributed by atoms with Gasteiger partial charge in [0.1, 0.15) is 0 Å². The highest BCUT2D eigenvalue weighted by Gasteiger charge is 2.18. The van der Waals surface area contributed by atoms with Gasteiger partial charge in [-0.2, -0.15) is 0 Å². The summed E-state index contributed by atoms with van der Waals surface area (Å²) in [5.74, 6) is 0.848. The average molecular weight is 202 g/mol. The van der Waals surface area contributed by atoms with Crippen LogP contribution >= 0.6 is 0 Å². The lowest BCUT2D eigenvalue weighted by Crippen LogP contribution is -2.23. The van der Waals surface area contributed by atoms with E-state index in [0.29, 0.717) is 0 Å². The van der Waals surface area contributed by atoms with Gasteiger partial charge >= 0.3 is 0 Å². The van der Waals surface area contributed by atoms with Crippen molar-refractivity contribution in [3.05, 3.63) is 12.7 Å². The van der Waals surface area contributed by atoms with Gasteiger partial charge in [-0.15, -0.1) is 6.58 Å². The Balaban J connectivity index is 3.43. The van der Waals surface area contributed by atoms with Gasteiger partial charge in [0.2, 0.25) is 0 Å². The van der Waals surface area contributed by atoms with Gasteiger partial charge in [0, 0.05) is 21.3 Å². The summed E-state index contributed by atoms with van der Waals surface area (Å²) in [6.45, 7) is 9.78. The molecule has 0 aliphatic rings. The molecule has 13 heavy (non-hydrogen) atoms. The Hall–Kier alpha value is -0.110. The van der Waals surface area contributed by atoms with E-state index in [9.17, 15) is 4.21 Å². The Morgan fingerprint density at radius 2 is 1.85 bits per heavy atom. The number of allylic oxidation sites excluding steroid dienone is 1. The molecular weight excluding hydrogens is 180 g/mol. The van der Waals surface area contributed by atoms with Crippen LogP contribution in [0.2, 0.25) is 0 Å². The molecule has 0 amide bonds. The van der Waals surface area contributed by atoms with Crippen LogP contribution in [0.1, 0.15) is 46.5 Å². The lowest BCUT2D eigenvalue weighted by molar-refractivity contribution is 0.640. The molecule has 0 aromatic heterocycles. The quantitative estimate of drug-likeness (QED) is 0.477. The van der Waals surface area contributed by atoms with E-state index in [2.05, 4.69) is 6.58 Å². The SMILES string of the molecule is C=CCCCCCS(=O)C(C)(C)C. The monoisotopic (exact) mass is 202 g/mol. The van der Waals surface area contributed by atoms with Crippen molar-refractivity contribution in [1.82, 2.24) is 0 Å². The molecule has 0 radical (unpaired) electrons. The van der Waals surface area contributed by atoms with Crippen LogP contribution < -0.4 is 0 Å². The smallest absolute Gasteiger partial charge is 0.0375 e. The van der Waals surface area contributed by atoms with Crippen LogP contribution in [-0.4, -0.2) is 14.7 Å². The van der Waals surface area contributed by atoms with Gasteiger partial charge in [0.25, 0.3) is 0 Å². The number of unbranched alkanes of at least 4 members (excludes halogenated alkanes) is 3. The molecule has 0 bridgehead atoms. The maximum atomic E-state index is 11.6. The summed E-state index contributed by atoms with van der Waals surface area (Å²) in [4.78, 5) is 0. The summed E-state index contributed by atoms with van der Waals surface area (Å²) in [5, 5.41) is 0. The Kier molecular flexibility index (Phi) is 6.31. The Morgan fingerprint density at radius 3 is 2.31 bits per heavy atom. The maximum absolute atomic E-state index is 11.6. The lowest BCUT2D eigenvalue weighted by atomic mass is 10.2. The predicted octanol–water partition coefficient (Wildman–Crippen LogP) is 3.28. The number of rotatable bonds is 6. The van der Waals surface area contributed by atoms with E-state index in [1.807, 2.05) is 26.8 Å². The van der Waals surface area contributed by atoms with E-state index in [1.54, 1.807) is 0 Å². The Bertz CT molecular complexity index is 167. The third-order valence-electron chi connectivity index (χ3n) is 1.92. The molecule has 1 nitrogen and oxygen atoms in total. The fourth-order valence-corrected chi connectivity index (χ4v) is 2.08. The highest BCUT2D eigenvalue weighted by molar-refractivity contribution is 7.86. The molecule has 2 heteroatoms. The van der Waals surface area contributed by atoms with Gasteiger partial charge in [-0.25, -0.2) is 0 Å². The van der Waals surface area contributed by atoms with Crippen LogP contribution in [0.3, 0.4) is 0 Å². The fourth-order valence-electron chi connectivity index (χ4n) is 1.00. The summed E-state index contributed by atoms with van der Waals surface area (Å²) < 4.78 is 11.5. The average Bonchev–Trinajstić information content (AvgIpc) is 2.02. The third-order valence-corrected chi connectivity index (χ3v) is 3.95. The largest absolute Gasteiger partial charge is 0.259 e. The van der Waals surface area contributed by atoms with E-state index in [4.69, 9.17) is 0 Å². The second-order valence-electron chi connectivity index (χ2n) is 4.30. The molecule has 1 unspecified atom stereocenters. The Labute approximate surface area is 85.1 Å². The van der Waals surface area contributed by atoms with Crippen molar-refractivity contribution in [2.75, 3.05) is 5.75 Å². The number of hydrogen-bond acceptors (Lipinski definition) is 1. The molecule has 1 atom stereocenters. The van der Waals surface area contributed by atoms with Crippen molar-refractivity contribution in [3.8, 4) is 0 Å². The van der Waals surface area contributed by atoms with E-state index < -0.39 is 10.8 Å². The first-order chi connectivity index (χ1) is 5.98. The molecule has 0 heterocycles. The second-order valence-corrected chi connectivity index (χ2v) is 6.62. The molecule has 0 N–H and O–H groups in total. The van der Waals surface area contributed by atoms with Crippen LogP contribution in [0.4, 0.5) is 0 Å². The predicted molar refractivity (Wildman–Crippen MR) is 61.4 cm³/mol. The number of hydrogen-bond donors (Lipinski definition) is 0. The van der Waals surface area contributed by atoms with E-state index >= 15 is 0 Å². The minimum absolute atomic E-state index is 0.0432. The van der Waals surface area contributed by atoms with Crippen LogP contribution in [0, 0.1) is 0 Å². The Morgan fingerprint density at radius 1 is 1.23 bits per heavy atom. The van der Waals surface area contributed by atoms with E-state index in [1.165, 1.54) is 12.8 Å². The summed E-state index contributed by atoms with van der Waals surface area (Å²) in [6, 6.07) is 0. The van der Waals surface area contributed by atoms with Gasteiger partial charge in [-0.1, -0.05) is 12.5 Å². The normalized spacial score (nSPS) is 14.1. The highest BCUT2D eigenvalue weighted by atomic mass is 32.2. The van der Waals surface area contributed by atoms with Crippen molar-refractivity contribution in [2.24, 2.45) is 0 Å². The second kappa shape index (κ2) is 6.36. The van der Waals surface area contributed by atoms with Crippen molar-refractivity contribution < 1.29 is 4.21 Å². The molecule has 78 valence electrons. The molecular formula is C11H22OS. The van der Waals surface area contributed by atoms with Gasteiger partial charge in [0.15, 0.2) is 0 Å². The maximum Gasteiger partial charge on any atom is 0.0375 e. The van der Waals surface area contributed by atoms with Gasteiger partial charge < -0.3 is 0 Å². The first kappa shape index (κ1) is 12.9. The summed E-state index contributed by atoms with van der Waals surface area (Å²) in [5.41, 5.74) is 0. The molecule has 0 rings (SSSR count). The molecule has 0 aromatic rings. The molecule has 0 saturated heterocycles. The van der Waals surface area contributed by atoms with Gasteiger partial charge in [-0.3, -0.25) is 4.21 Å².